The summed E-state index contributed by atoms with van der Waals surface area (Å²) in [5.74, 6) is -0.555. The summed E-state index contributed by atoms with van der Waals surface area (Å²) in [5.41, 5.74) is 3.03. The first kappa shape index (κ1) is 18.1. The third-order valence-electron chi connectivity index (χ3n) is 3.00. The lowest BCUT2D eigenvalue weighted by atomic mass is 10.3. The van der Waals surface area contributed by atoms with E-state index in [0.717, 1.165) is 9.87 Å². The Bertz CT molecular complexity index is 824. The summed E-state index contributed by atoms with van der Waals surface area (Å²) in [4.78, 5) is 15.7. The smallest absolute Gasteiger partial charge is 0.255 e. The van der Waals surface area contributed by atoms with Gasteiger partial charge in [-0.25, -0.2) is 13.8 Å². The molecule has 2 aromatic rings. The first-order valence-electron chi connectivity index (χ1n) is 6.83. The topological polar surface area (TPSA) is 91.7 Å². The van der Waals surface area contributed by atoms with Crippen molar-refractivity contribution in [2.45, 2.75) is 4.90 Å². The molecule has 0 aliphatic heterocycles. The average Bonchev–Trinajstić information content (AvgIpc) is 2.56. The number of hydrogen-bond acceptors (Lipinski definition) is 5. The Morgan fingerprint density at radius 3 is 2.50 bits per heavy atom. The quantitative estimate of drug-likeness (QED) is 0.619. The summed E-state index contributed by atoms with van der Waals surface area (Å²) in [7, 11) is -2.46. The molecule has 126 valence electrons. The second-order valence-corrected chi connectivity index (χ2v) is 7.27. The molecule has 0 fully saturated rings. The minimum atomic E-state index is -3.77. The van der Waals surface area contributed by atoms with Crippen LogP contribution in [-0.2, 0) is 14.8 Å². The molecule has 0 unspecified atom stereocenters. The number of amides is 1. The van der Waals surface area contributed by atoms with Gasteiger partial charge in [0.15, 0.2) is 0 Å². The molecule has 0 saturated carbocycles. The number of aromatic nitrogens is 1. The van der Waals surface area contributed by atoms with E-state index in [-0.39, 0.29) is 11.4 Å². The molecule has 7 nitrogen and oxygen atoms in total. The van der Waals surface area contributed by atoms with E-state index >= 15 is 0 Å². The molecule has 1 aromatic carbocycles. The molecule has 0 radical (unpaired) electrons. The lowest BCUT2D eigenvalue weighted by Gasteiger charge is -2.16. The summed E-state index contributed by atoms with van der Waals surface area (Å²) in [6.07, 6.45) is 4.62. The summed E-state index contributed by atoms with van der Waals surface area (Å²) in [5, 5.41) is 4.20. The van der Waals surface area contributed by atoms with Gasteiger partial charge in [0.2, 0.25) is 10.0 Å². The predicted octanol–water partition coefficient (Wildman–Crippen LogP) is 1.51. The van der Waals surface area contributed by atoms with Gasteiger partial charge in [-0.15, -0.1) is 0 Å². The van der Waals surface area contributed by atoms with Crippen LogP contribution in [0.15, 0.2) is 58.8 Å². The number of benzene rings is 1. The van der Waals surface area contributed by atoms with Crippen LogP contribution in [0.25, 0.3) is 0 Å². The van der Waals surface area contributed by atoms with Crippen molar-refractivity contribution in [3.63, 3.8) is 0 Å². The molecule has 24 heavy (non-hydrogen) atoms. The fourth-order valence-corrected chi connectivity index (χ4v) is 2.99. The minimum absolute atomic E-state index is 0.0579. The average molecular weight is 367 g/mol. The number of rotatable bonds is 6. The standard InChI is InChI=1S/C15H15ClN4O3S/c1-20(24(22,23)14-4-2-13(16)3-5-14)11-15(21)19-18-10-12-6-8-17-9-7-12/h2-10H,11H2,1H3,(H,19,21)/b18-10-. The summed E-state index contributed by atoms with van der Waals surface area (Å²) < 4.78 is 25.6. The van der Waals surface area contributed by atoms with Gasteiger partial charge in [0.05, 0.1) is 17.7 Å². The molecule has 1 heterocycles. The molecule has 0 bridgehead atoms. The van der Waals surface area contributed by atoms with Crippen LogP contribution >= 0.6 is 11.6 Å². The maximum absolute atomic E-state index is 12.3. The van der Waals surface area contributed by atoms with Gasteiger partial charge in [-0.2, -0.15) is 9.41 Å². The highest BCUT2D eigenvalue weighted by Crippen LogP contribution is 2.17. The highest BCUT2D eigenvalue weighted by Gasteiger charge is 2.22. The van der Waals surface area contributed by atoms with E-state index in [1.807, 2.05) is 0 Å². The molecule has 0 aliphatic carbocycles. The van der Waals surface area contributed by atoms with Crippen LogP contribution in [0, 0.1) is 0 Å². The van der Waals surface area contributed by atoms with Crippen molar-refractivity contribution in [1.29, 1.82) is 0 Å². The van der Waals surface area contributed by atoms with E-state index in [1.54, 1.807) is 24.5 Å². The van der Waals surface area contributed by atoms with Crippen LogP contribution in [-0.4, -0.2) is 43.4 Å². The number of likely N-dealkylation sites (N-methyl/N-ethyl adjacent to an activating group) is 1. The third-order valence-corrected chi connectivity index (χ3v) is 5.07. The van der Waals surface area contributed by atoms with Gasteiger partial charge in [-0.05, 0) is 42.0 Å². The number of hydrazone groups is 1. The van der Waals surface area contributed by atoms with Crippen molar-refractivity contribution in [3.05, 3.63) is 59.4 Å². The molecule has 0 aliphatic rings. The highest BCUT2D eigenvalue weighted by molar-refractivity contribution is 7.89. The first-order valence-corrected chi connectivity index (χ1v) is 8.65. The van der Waals surface area contributed by atoms with Crippen molar-refractivity contribution in [1.82, 2.24) is 14.7 Å². The zero-order chi connectivity index (χ0) is 17.6. The number of pyridine rings is 1. The maximum Gasteiger partial charge on any atom is 0.255 e. The van der Waals surface area contributed by atoms with Crippen molar-refractivity contribution in [3.8, 4) is 0 Å². The monoisotopic (exact) mass is 366 g/mol. The number of hydrogen-bond donors (Lipinski definition) is 1. The van der Waals surface area contributed by atoms with Crippen LogP contribution < -0.4 is 5.43 Å². The summed E-state index contributed by atoms with van der Waals surface area (Å²) in [6.45, 7) is -0.362. The Morgan fingerprint density at radius 1 is 1.25 bits per heavy atom. The zero-order valence-electron chi connectivity index (χ0n) is 12.8. The van der Waals surface area contributed by atoms with Crippen LogP contribution in [0.3, 0.4) is 0 Å². The largest absolute Gasteiger partial charge is 0.272 e. The van der Waals surface area contributed by atoms with E-state index in [2.05, 4.69) is 15.5 Å². The molecule has 1 N–H and O–H groups in total. The Morgan fingerprint density at radius 2 is 1.88 bits per heavy atom. The molecular formula is C15H15ClN4O3S. The van der Waals surface area contributed by atoms with Gasteiger partial charge < -0.3 is 0 Å². The van der Waals surface area contributed by atoms with E-state index in [0.29, 0.717) is 5.02 Å². The Labute approximate surface area is 145 Å². The fraction of sp³-hybridized carbons (Fsp3) is 0.133. The molecule has 1 aromatic heterocycles. The third kappa shape index (κ3) is 4.85. The zero-order valence-corrected chi connectivity index (χ0v) is 14.3. The second kappa shape index (κ2) is 8.00. The van der Waals surface area contributed by atoms with Gasteiger partial charge in [-0.3, -0.25) is 9.78 Å². The van der Waals surface area contributed by atoms with E-state index < -0.39 is 15.9 Å². The molecular weight excluding hydrogens is 352 g/mol. The molecule has 2 rings (SSSR count). The normalized spacial score (nSPS) is 11.8. The summed E-state index contributed by atoms with van der Waals surface area (Å²) >= 11 is 5.74. The number of carbonyl (C=O) groups is 1. The Kier molecular flexibility index (Phi) is 6.02. The van der Waals surface area contributed by atoms with Gasteiger partial charge in [0.1, 0.15) is 0 Å². The number of sulfonamides is 1. The SMILES string of the molecule is CN(CC(=O)N/N=C\c1ccncc1)S(=O)(=O)c1ccc(Cl)cc1. The lowest BCUT2D eigenvalue weighted by molar-refractivity contribution is -0.121. The highest BCUT2D eigenvalue weighted by atomic mass is 35.5. The number of halogens is 1. The first-order chi connectivity index (χ1) is 11.4. The Balaban J connectivity index is 1.95. The van der Waals surface area contributed by atoms with E-state index in [4.69, 9.17) is 11.6 Å². The van der Waals surface area contributed by atoms with Crippen molar-refractivity contribution >= 4 is 33.7 Å². The van der Waals surface area contributed by atoms with E-state index in [1.165, 1.54) is 37.5 Å². The molecule has 1 amide bonds. The molecule has 0 atom stereocenters. The maximum atomic E-state index is 12.3. The van der Waals surface area contributed by atoms with Gasteiger partial charge in [-0.1, -0.05) is 11.6 Å². The molecule has 0 spiro atoms. The number of carbonyl (C=O) groups excluding carboxylic acids is 1. The van der Waals surface area contributed by atoms with E-state index in [9.17, 15) is 13.2 Å². The molecule has 0 saturated heterocycles. The van der Waals surface area contributed by atoms with Gasteiger partial charge >= 0.3 is 0 Å². The van der Waals surface area contributed by atoms with Gasteiger partial charge in [0.25, 0.3) is 5.91 Å². The lowest BCUT2D eigenvalue weighted by Crippen LogP contribution is -2.36. The Hall–Kier alpha value is -2.29. The van der Waals surface area contributed by atoms with Crippen LogP contribution in [0.2, 0.25) is 5.02 Å². The molecule has 9 heteroatoms. The van der Waals surface area contributed by atoms with Crippen LogP contribution in [0.1, 0.15) is 5.56 Å². The van der Waals surface area contributed by atoms with Gasteiger partial charge in [0, 0.05) is 24.5 Å². The number of nitrogens with one attached hydrogen (secondary N) is 1. The van der Waals surface area contributed by atoms with Crippen molar-refractivity contribution in [2.24, 2.45) is 5.10 Å². The fourth-order valence-electron chi connectivity index (χ4n) is 1.74. The van der Waals surface area contributed by atoms with Crippen LogP contribution in [0.5, 0.6) is 0 Å². The number of nitrogens with zero attached hydrogens (tertiary/aromatic N) is 3. The predicted molar refractivity (Wildman–Crippen MR) is 91.2 cm³/mol. The second-order valence-electron chi connectivity index (χ2n) is 4.79. The van der Waals surface area contributed by atoms with Crippen LogP contribution in [0.4, 0.5) is 0 Å². The minimum Gasteiger partial charge on any atom is -0.272 e. The summed E-state index contributed by atoms with van der Waals surface area (Å²) in [6, 6.07) is 9.14. The van der Waals surface area contributed by atoms with Crippen molar-refractivity contribution in [2.75, 3.05) is 13.6 Å². The van der Waals surface area contributed by atoms with Crippen molar-refractivity contribution < 1.29 is 13.2 Å².